The van der Waals surface area contributed by atoms with Crippen molar-refractivity contribution < 1.29 is 4.42 Å². The number of oxazole rings is 1. The summed E-state index contributed by atoms with van der Waals surface area (Å²) >= 11 is 0. The molecule has 0 bridgehead atoms. The van der Waals surface area contributed by atoms with Crippen molar-refractivity contribution in [3.63, 3.8) is 0 Å². The highest BCUT2D eigenvalue weighted by Gasteiger charge is 2.11. The molecule has 2 heterocycles. The van der Waals surface area contributed by atoms with E-state index in [-0.39, 0.29) is 11.8 Å². The van der Waals surface area contributed by atoms with Crippen LogP contribution in [0.15, 0.2) is 27.5 Å². The summed E-state index contributed by atoms with van der Waals surface area (Å²) in [6.45, 7) is 3.87. The Morgan fingerprint density at radius 2 is 2.31 bits per heavy atom. The standard InChI is InChI=1S/C9H10N2O2/c1-6(2)11-7-4-3-5-10-8(7)13-9(11)12/h3-6H,1-2H3. The largest absolute Gasteiger partial charge is 0.421 e. The first kappa shape index (κ1) is 8.04. The lowest BCUT2D eigenvalue weighted by atomic mass is 10.3. The van der Waals surface area contributed by atoms with Crippen molar-refractivity contribution in [1.82, 2.24) is 9.55 Å². The lowest BCUT2D eigenvalue weighted by Gasteiger charge is -2.03. The first-order valence-electron chi connectivity index (χ1n) is 4.16. The summed E-state index contributed by atoms with van der Waals surface area (Å²) in [5.41, 5.74) is 1.16. The third-order valence-electron chi connectivity index (χ3n) is 1.91. The van der Waals surface area contributed by atoms with Crippen LogP contribution in [0.25, 0.3) is 11.2 Å². The zero-order valence-electron chi connectivity index (χ0n) is 7.52. The van der Waals surface area contributed by atoms with Gasteiger partial charge in [-0.3, -0.25) is 4.57 Å². The number of rotatable bonds is 1. The van der Waals surface area contributed by atoms with Crippen molar-refractivity contribution in [2.24, 2.45) is 0 Å². The van der Waals surface area contributed by atoms with Crippen molar-refractivity contribution >= 4 is 11.2 Å². The minimum atomic E-state index is -0.344. The quantitative estimate of drug-likeness (QED) is 0.665. The third-order valence-corrected chi connectivity index (χ3v) is 1.91. The lowest BCUT2D eigenvalue weighted by Crippen LogP contribution is -2.15. The molecule has 0 radical (unpaired) electrons. The lowest BCUT2D eigenvalue weighted by molar-refractivity contribution is 0.474. The van der Waals surface area contributed by atoms with Crippen molar-refractivity contribution in [1.29, 1.82) is 0 Å². The van der Waals surface area contributed by atoms with E-state index in [9.17, 15) is 4.79 Å². The number of aromatic nitrogens is 2. The van der Waals surface area contributed by atoms with Crippen LogP contribution in [-0.4, -0.2) is 9.55 Å². The Morgan fingerprint density at radius 3 is 3.00 bits per heavy atom. The molecule has 13 heavy (non-hydrogen) atoms. The predicted molar refractivity (Wildman–Crippen MR) is 48.7 cm³/mol. The molecule has 2 rings (SSSR count). The number of fused-ring (bicyclic) bond motifs is 1. The number of nitrogens with zero attached hydrogens (tertiary/aromatic N) is 2. The third kappa shape index (κ3) is 1.14. The van der Waals surface area contributed by atoms with Crippen LogP contribution in [-0.2, 0) is 0 Å². The Hall–Kier alpha value is -1.58. The predicted octanol–water partition coefficient (Wildman–Crippen LogP) is 1.57. The van der Waals surface area contributed by atoms with Gasteiger partial charge in [0.2, 0.25) is 5.71 Å². The second-order valence-corrected chi connectivity index (χ2v) is 3.16. The highest BCUT2D eigenvalue weighted by molar-refractivity contribution is 5.67. The Bertz CT molecular complexity index is 482. The molecule has 0 atom stereocenters. The fourth-order valence-electron chi connectivity index (χ4n) is 1.36. The summed E-state index contributed by atoms with van der Waals surface area (Å²) in [6, 6.07) is 3.71. The van der Waals surface area contributed by atoms with Gasteiger partial charge in [-0.1, -0.05) is 0 Å². The van der Waals surface area contributed by atoms with Gasteiger partial charge in [0.15, 0.2) is 0 Å². The summed E-state index contributed by atoms with van der Waals surface area (Å²) in [5, 5.41) is 0. The monoisotopic (exact) mass is 178 g/mol. The molecule has 0 aliphatic carbocycles. The van der Waals surface area contributed by atoms with Crippen LogP contribution in [0.1, 0.15) is 19.9 Å². The molecule has 2 aromatic heterocycles. The van der Waals surface area contributed by atoms with E-state index in [1.807, 2.05) is 19.9 Å². The molecule has 0 amide bonds. The van der Waals surface area contributed by atoms with Crippen molar-refractivity contribution in [2.75, 3.05) is 0 Å². The fraction of sp³-hybridized carbons (Fsp3) is 0.333. The van der Waals surface area contributed by atoms with E-state index in [1.165, 1.54) is 0 Å². The van der Waals surface area contributed by atoms with Crippen LogP contribution >= 0.6 is 0 Å². The molecule has 0 aliphatic heterocycles. The van der Waals surface area contributed by atoms with Crippen LogP contribution in [0.5, 0.6) is 0 Å². The van der Waals surface area contributed by atoms with E-state index in [2.05, 4.69) is 4.98 Å². The maximum absolute atomic E-state index is 11.3. The van der Waals surface area contributed by atoms with Crippen molar-refractivity contribution in [2.45, 2.75) is 19.9 Å². The molecule has 2 aromatic rings. The molecule has 4 nitrogen and oxygen atoms in total. The zero-order chi connectivity index (χ0) is 9.42. The summed E-state index contributed by atoms with van der Waals surface area (Å²) in [6.07, 6.45) is 1.61. The Kier molecular flexibility index (Phi) is 1.69. The summed E-state index contributed by atoms with van der Waals surface area (Å²) < 4.78 is 6.54. The summed E-state index contributed by atoms with van der Waals surface area (Å²) in [4.78, 5) is 15.3. The summed E-state index contributed by atoms with van der Waals surface area (Å²) in [7, 11) is 0. The highest BCUT2D eigenvalue weighted by atomic mass is 16.4. The molecule has 0 unspecified atom stereocenters. The molecule has 0 N–H and O–H groups in total. The molecule has 0 aliphatic rings. The minimum Gasteiger partial charge on any atom is -0.389 e. The van der Waals surface area contributed by atoms with Gasteiger partial charge >= 0.3 is 5.76 Å². The van der Waals surface area contributed by atoms with E-state index in [0.29, 0.717) is 5.71 Å². The Balaban J connectivity index is 2.87. The van der Waals surface area contributed by atoms with Gasteiger partial charge in [-0.2, -0.15) is 0 Å². The highest BCUT2D eigenvalue weighted by Crippen LogP contribution is 2.13. The van der Waals surface area contributed by atoms with Gasteiger partial charge in [0.25, 0.3) is 0 Å². The maximum Gasteiger partial charge on any atom is 0.421 e. The van der Waals surface area contributed by atoms with Gasteiger partial charge in [0.1, 0.15) is 5.52 Å². The van der Waals surface area contributed by atoms with Gasteiger partial charge in [0.05, 0.1) is 0 Å². The zero-order valence-corrected chi connectivity index (χ0v) is 7.52. The summed E-state index contributed by atoms with van der Waals surface area (Å²) in [5.74, 6) is -0.344. The Morgan fingerprint density at radius 1 is 1.54 bits per heavy atom. The van der Waals surface area contributed by atoms with Gasteiger partial charge in [-0.25, -0.2) is 9.78 Å². The Labute approximate surface area is 74.8 Å². The number of pyridine rings is 1. The molecule has 0 saturated carbocycles. The van der Waals surface area contributed by atoms with E-state index in [0.717, 1.165) is 5.52 Å². The van der Waals surface area contributed by atoms with E-state index >= 15 is 0 Å². The van der Waals surface area contributed by atoms with E-state index in [1.54, 1.807) is 16.8 Å². The second kappa shape index (κ2) is 2.73. The molecular weight excluding hydrogens is 168 g/mol. The normalized spacial score (nSPS) is 11.3. The second-order valence-electron chi connectivity index (χ2n) is 3.16. The first-order valence-corrected chi connectivity index (χ1v) is 4.16. The smallest absolute Gasteiger partial charge is 0.389 e. The molecule has 0 saturated heterocycles. The molecule has 0 fully saturated rings. The molecular formula is C9H10N2O2. The molecule has 0 aromatic carbocycles. The molecule has 68 valence electrons. The van der Waals surface area contributed by atoms with Crippen LogP contribution in [0.4, 0.5) is 0 Å². The number of hydrogen-bond acceptors (Lipinski definition) is 3. The van der Waals surface area contributed by atoms with Crippen molar-refractivity contribution in [3.8, 4) is 0 Å². The SMILES string of the molecule is CC(C)n1c(=O)oc2ncccc21. The molecule has 0 spiro atoms. The van der Waals surface area contributed by atoms with Crippen LogP contribution < -0.4 is 5.76 Å². The fourth-order valence-corrected chi connectivity index (χ4v) is 1.36. The van der Waals surface area contributed by atoms with Gasteiger partial charge in [-0.05, 0) is 26.0 Å². The minimum absolute atomic E-state index is 0.0953. The van der Waals surface area contributed by atoms with E-state index in [4.69, 9.17) is 4.42 Å². The molecule has 4 heteroatoms. The average molecular weight is 178 g/mol. The van der Waals surface area contributed by atoms with Crippen LogP contribution in [0, 0.1) is 0 Å². The van der Waals surface area contributed by atoms with Gasteiger partial charge < -0.3 is 4.42 Å². The van der Waals surface area contributed by atoms with E-state index < -0.39 is 0 Å². The van der Waals surface area contributed by atoms with Crippen LogP contribution in [0.2, 0.25) is 0 Å². The van der Waals surface area contributed by atoms with Gasteiger partial charge in [0, 0.05) is 12.2 Å². The average Bonchev–Trinajstić information content (AvgIpc) is 2.39. The topological polar surface area (TPSA) is 48.0 Å². The van der Waals surface area contributed by atoms with Gasteiger partial charge in [-0.15, -0.1) is 0 Å². The van der Waals surface area contributed by atoms with Crippen molar-refractivity contribution in [3.05, 3.63) is 28.9 Å². The maximum atomic E-state index is 11.3. The first-order chi connectivity index (χ1) is 6.20. The van der Waals surface area contributed by atoms with Crippen LogP contribution in [0.3, 0.4) is 0 Å². The number of hydrogen-bond donors (Lipinski definition) is 0.